The number of hydrogen-bond acceptors (Lipinski definition) is 3. The Morgan fingerprint density at radius 3 is 2.71 bits per heavy atom. The second-order valence-electron chi connectivity index (χ2n) is 5.70. The lowest BCUT2D eigenvalue weighted by Gasteiger charge is -2.22. The summed E-state index contributed by atoms with van der Waals surface area (Å²) in [6, 6.07) is 10.6. The normalized spacial score (nSPS) is 16.7. The maximum atomic E-state index is 12.2. The molecule has 1 fully saturated rings. The molecule has 2 rings (SSSR count). The quantitative estimate of drug-likeness (QED) is 0.810. The molecule has 116 valence electrons. The Morgan fingerprint density at radius 2 is 1.95 bits per heavy atom. The van der Waals surface area contributed by atoms with Gasteiger partial charge in [-0.05, 0) is 32.0 Å². The molecular weight excluding hydrogens is 262 g/mol. The van der Waals surface area contributed by atoms with E-state index in [0.29, 0.717) is 12.3 Å². The van der Waals surface area contributed by atoms with Gasteiger partial charge in [0, 0.05) is 39.1 Å². The van der Waals surface area contributed by atoms with Crippen LogP contribution in [0.3, 0.4) is 0 Å². The summed E-state index contributed by atoms with van der Waals surface area (Å²) in [5, 5.41) is 3.09. The third-order valence-corrected chi connectivity index (χ3v) is 4.01. The van der Waals surface area contributed by atoms with E-state index in [-0.39, 0.29) is 0 Å². The van der Waals surface area contributed by atoms with Gasteiger partial charge in [0.05, 0.1) is 0 Å². The molecule has 4 nitrogen and oxygen atoms in total. The van der Waals surface area contributed by atoms with Gasteiger partial charge in [-0.3, -0.25) is 9.69 Å². The van der Waals surface area contributed by atoms with Crippen LogP contribution >= 0.6 is 0 Å². The van der Waals surface area contributed by atoms with Crippen LogP contribution in [0.4, 0.5) is 0 Å². The summed E-state index contributed by atoms with van der Waals surface area (Å²) in [6.45, 7) is 5.74. The molecule has 0 aromatic heterocycles. The van der Waals surface area contributed by atoms with Crippen LogP contribution in [-0.2, 0) is 11.3 Å². The van der Waals surface area contributed by atoms with Gasteiger partial charge in [-0.25, -0.2) is 0 Å². The molecule has 0 atom stereocenters. The standard InChI is InChI=1S/C17H27N3O/c1-18-10-5-9-17(21)20-12-6-11-19(13-14-20)15-16-7-3-2-4-8-16/h2-4,7-8,18H,5-6,9-15H2,1H3. The minimum absolute atomic E-state index is 0.312. The summed E-state index contributed by atoms with van der Waals surface area (Å²) in [4.78, 5) is 16.7. The SMILES string of the molecule is CNCCCC(=O)N1CCCN(Cc2ccccc2)CC1. The number of carbonyl (C=O) groups is 1. The van der Waals surface area contributed by atoms with E-state index in [0.717, 1.165) is 52.1 Å². The molecule has 1 aromatic rings. The van der Waals surface area contributed by atoms with E-state index in [9.17, 15) is 4.79 Å². The predicted molar refractivity (Wildman–Crippen MR) is 86.1 cm³/mol. The van der Waals surface area contributed by atoms with Crippen LogP contribution in [0.15, 0.2) is 30.3 Å². The highest BCUT2D eigenvalue weighted by Crippen LogP contribution is 2.10. The Balaban J connectivity index is 1.77. The van der Waals surface area contributed by atoms with Crippen molar-refractivity contribution < 1.29 is 4.79 Å². The van der Waals surface area contributed by atoms with Crippen molar-refractivity contribution >= 4 is 5.91 Å². The molecule has 1 aromatic carbocycles. The second kappa shape index (κ2) is 8.80. The van der Waals surface area contributed by atoms with E-state index in [2.05, 4.69) is 40.5 Å². The van der Waals surface area contributed by atoms with Crippen LogP contribution in [0, 0.1) is 0 Å². The number of hydrogen-bond donors (Lipinski definition) is 1. The molecule has 1 amide bonds. The molecule has 1 saturated heterocycles. The third kappa shape index (κ3) is 5.48. The number of rotatable bonds is 6. The maximum absolute atomic E-state index is 12.2. The number of nitrogens with one attached hydrogen (secondary N) is 1. The summed E-state index contributed by atoms with van der Waals surface area (Å²) in [5.74, 6) is 0.312. The van der Waals surface area contributed by atoms with Gasteiger partial charge in [-0.2, -0.15) is 0 Å². The van der Waals surface area contributed by atoms with Gasteiger partial charge in [0.2, 0.25) is 5.91 Å². The molecule has 0 aliphatic carbocycles. The lowest BCUT2D eigenvalue weighted by atomic mass is 10.2. The zero-order valence-corrected chi connectivity index (χ0v) is 13.1. The summed E-state index contributed by atoms with van der Waals surface area (Å²) < 4.78 is 0. The first kappa shape index (κ1) is 16.0. The van der Waals surface area contributed by atoms with Crippen LogP contribution < -0.4 is 5.32 Å². The van der Waals surface area contributed by atoms with Gasteiger partial charge >= 0.3 is 0 Å². The predicted octanol–water partition coefficient (Wildman–Crippen LogP) is 1.72. The van der Waals surface area contributed by atoms with E-state index in [1.807, 2.05) is 11.9 Å². The first-order chi connectivity index (χ1) is 10.3. The van der Waals surface area contributed by atoms with Crippen molar-refractivity contribution in [1.82, 2.24) is 15.1 Å². The van der Waals surface area contributed by atoms with E-state index in [4.69, 9.17) is 0 Å². The molecule has 1 heterocycles. The topological polar surface area (TPSA) is 35.6 Å². The Labute approximate surface area is 128 Å². The number of carbonyl (C=O) groups excluding carboxylic acids is 1. The largest absolute Gasteiger partial charge is 0.341 e. The van der Waals surface area contributed by atoms with Crippen LogP contribution in [0.2, 0.25) is 0 Å². The first-order valence-electron chi connectivity index (χ1n) is 7.98. The van der Waals surface area contributed by atoms with Crippen LogP contribution in [0.5, 0.6) is 0 Å². The van der Waals surface area contributed by atoms with Gasteiger partial charge in [0.25, 0.3) is 0 Å². The molecule has 21 heavy (non-hydrogen) atoms. The molecular formula is C17H27N3O. The van der Waals surface area contributed by atoms with Crippen molar-refractivity contribution in [3.8, 4) is 0 Å². The molecule has 0 bridgehead atoms. The summed E-state index contributed by atoms with van der Waals surface area (Å²) >= 11 is 0. The van der Waals surface area contributed by atoms with Crippen molar-refractivity contribution in [3.63, 3.8) is 0 Å². The van der Waals surface area contributed by atoms with Crippen LogP contribution in [-0.4, -0.2) is 55.5 Å². The Morgan fingerprint density at radius 1 is 1.14 bits per heavy atom. The molecule has 4 heteroatoms. The lowest BCUT2D eigenvalue weighted by Crippen LogP contribution is -2.35. The fraction of sp³-hybridized carbons (Fsp3) is 0.588. The van der Waals surface area contributed by atoms with Gasteiger partial charge < -0.3 is 10.2 Å². The molecule has 1 N–H and O–H groups in total. The summed E-state index contributed by atoms with van der Waals surface area (Å²) in [6.07, 6.45) is 2.67. The molecule has 0 saturated carbocycles. The Bertz CT molecular complexity index is 421. The van der Waals surface area contributed by atoms with Crippen molar-refractivity contribution in [2.45, 2.75) is 25.8 Å². The Kier molecular flexibility index (Phi) is 6.70. The van der Waals surface area contributed by atoms with Gasteiger partial charge in [-0.1, -0.05) is 30.3 Å². The number of amides is 1. The summed E-state index contributed by atoms with van der Waals surface area (Å²) in [7, 11) is 1.93. The molecule has 1 aliphatic heterocycles. The minimum Gasteiger partial charge on any atom is -0.341 e. The van der Waals surface area contributed by atoms with Crippen molar-refractivity contribution in [2.75, 3.05) is 39.8 Å². The fourth-order valence-corrected chi connectivity index (χ4v) is 2.79. The van der Waals surface area contributed by atoms with E-state index in [1.165, 1.54) is 5.56 Å². The maximum Gasteiger partial charge on any atom is 0.222 e. The highest BCUT2D eigenvalue weighted by molar-refractivity contribution is 5.76. The first-order valence-corrected chi connectivity index (χ1v) is 7.98. The fourth-order valence-electron chi connectivity index (χ4n) is 2.79. The summed E-state index contributed by atoms with van der Waals surface area (Å²) in [5.41, 5.74) is 1.35. The van der Waals surface area contributed by atoms with E-state index >= 15 is 0 Å². The highest BCUT2D eigenvalue weighted by Gasteiger charge is 2.18. The monoisotopic (exact) mass is 289 g/mol. The average Bonchev–Trinajstić information content (AvgIpc) is 2.74. The van der Waals surface area contributed by atoms with E-state index in [1.54, 1.807) is 0 Å². The van der Waals surface area contributed by atoms with Crippen molar-refractivity contribution in [2.24, 2.45) is 0 Å². The lowest BCUT2D eigenvalue weighted by molar-refractivity contribution is -0.131. The molecule has 0 unspecified atom stereocenters. The van der Waals surface area contributed by atoms with E-state index < -0.39 is 0 Å². The molecule has 0 radical (unpaired) electrons. The second-order valence-corrected chi connectivity index (χ2v) is 5.70. The van der Waals surface area contributed by atoms with Crippen molar-refractivity contribution in [3.05, 3.63) is 35.9 Å². The van der Waals surface area contributed by atoms with Gasteiger partial charge in [0.15, 0.2) is 0 Å². The zero-order valence-electron chi connectivity index (χ0n) is 13.1. The van der Waals surface area contributed by atoms with Gasteiger partial charge in [-0.15, -0.1) is 0 Å². The smallest absolute Gasteiger partial charge is 0.222 e. The highest BCUT2D eigenvalue weighted by atomic mass is 16.2. The third-order valence-electron chi connectivity index (χ3n) is 4.01. The number of nitrogens with zero attached hydrogens (tertiary/aromatic N) is 2. The minimum atomic E-state index is 0.312. The number of benzene rings is 1. The van der Waals surface area contributed by atoms with Crippen LogP contribution in [0.25, 0.3) is 0 Å². The molecule has 1 aliphatic rings. The van der Waals surface area contributed by atoms with Crippen molar-refractivity contribution in [1.29, 1.82) is 0 Å². The van der Waals surface area contributed by atoms with Crippen LogP contribution in [0.1, 0.15) is 24.8 Å². The molecule has 0 spiro atoms. The zero-order chi connectivity index (χ0) is 14.9. The van der Waals surface area contributed by atoms with Gasteiger partial charge in [0.1, 0.15) is 0 Å². The Hall–Kier alpha value is -1.39. The average molecular weight is 289 g/mol.